The molecule has 0 bridgehead atoms. The number of nitrogens with two attached hydrogens (primary N) is 1. The normalized spacial score (nSPS) is 22.1. The van der Waals surface area contributed by atoms with Crippen LogP contribution < -0.4 is 11.1 Å². The molecule has 0 aromatic heterocycles. The van der Waals surface area contributed by atoms with E-state index in [-0.39, 0.29) is 11.6 Å². The minimum Gasteiger partial charge on any atom is -0.369 e. The van der Waals surface area contributed by atoms with Gasteiger partial charge in [0.1, 0.15) is 6.17 Å². The van der Waals surface area contributed by atoms with E-state index in [1.54, 1.807) is 6.20 Å². The first-order chi connectivity index (χ1) is 5.91. The summed E-state index contributed by atoms with van der Waals surface area (Å²) < 4.78 is 0. The van der Waals surface area contributed by atoms with Crippen LogP contribution in [0.15, 0.2) is 16.8 Å². The van der Waals surface area contributed by atoms with E-state index in [0.717, 1.165) is 0 Å². The molecule has 1 rings (SSSR count). The summed E-state index contributed by atoms with van der Waals surface area (Å²) in [6.45, 7) is 6.22. The van der Waals surface area contributed by atoms with Crippen molar-refractivity contribution in [1.29, 1.82) is 0 Å². The summed E-state index contributed by atoms with van der Waals surface area (Å²) in [7, 11) is 0. The van der Waals surface area contributed by atoms with Crippen LogP contribution in [0.4, 0.5) is 0 Å². The maximum Gasteiger partial charge on any atom is 0.251 e. The number of aliphatic imine (C=N–C) groups is 1. The number of nitrogens with one attached hydrogen (secondary N) is 1. The van der Waals surface area contributed by atoms with Crippen LogP contribution >= 0.6 is 0 Å². The first kappa shape index (κ1) is 9.77. The molecular formula is C9H15N3O. The Hall–Kier alpha value is -1.32. The molecule has 1 aliphatic rings. The van der Waals surface area contributed by atoms with Gasteiger partial charge in [0.25, 0.3) is 5.91 Å². The van der Waals surface area contributed by atoms with E-state index in [0.29, 0.717) is 5.57 Å². The molecule has 0 saturated heterocycles. The second-order valence-corrected chi connectivity index (χ2v) is 4.18. The molecule has 72 valence electrons. The highest BCUT2D eigenvalue weighted by atomic mass is 16.1. The van der Waals surface area contributed by atoms with Crippen molar-refractivity contribution in [2.45, 2.75) is 26.9 Å². The molecule has 4 nitrogen and oxygen atoms in total. The van der Waals surface area contributed by atoms with E-state index >= 15 is 0 Å². The SMILES string of the molecule is CC(C)(C)C1N=CC(C(N)=O)=CN1. The van der Waals surface area contributed by atoms with Crippen LogP contribution in [0.3, 0.4) is 0 Å². The van der Waals surface area contributed by atoms with Crippen LogP contribution in [0, 0.1) is 5.41 Å². The van der Waals surface area contributed by atoms with Crippen molar-refractivity contribution in [2.75, 3.05) is 0 Å². The highest BCUT2D eigenvalue weighted by Crippen LogP contribution is 2.21. The average Bonchev–Trinajstić information content (AvgIpc) is 2.03. The van der Waals surface area contributed by atoms with Gasteiger partial charge in [0.2, 0.25) is 0 Å². The van der Waals surface area contributed by atoms with Gasteiger partial charge in [0.15, 0.2) is 0 Å². The number of rotatable bonds is 1. The average molecular weight is 181 g/mol. The third kappa shape index (κ3) is 2.31. The van der Waals surface area contributed by atoms with Gasteiger partial charge in [-0.15, -0.1) is 0 Å². The summed E-state index contributed by atoms with van der Waals surface area (Å²) in [6, 6.07) is 0. The van der Waals surface area contributed by atoms with Gasteiger partial charge in [-0.1, -0.05) is 20.8 Å². The number of nitrogens with zero attached hydrogens (tertiary/aromatic N) is 1. The Morgan fingerprint density at radius 1 is 1.62 bits per heavy atom. The largest absolute Gasteiger partial charge is 0.369 e. The molecule has 1 heterocycles. The van der Waals surface area contributed by atoms with Crippen LogP contribution in [0.2, 0.25) is 0 Å². The summed E-state index contributed by atoms with van der Waals surface area (Å²) in [6.07, 6.45) is 3.15. The number of hydrogen-bond donors (Lipinski definition) is 2. The third-order valence-electron chi connectivity index (χ3n) is 1.86. The predicted octanol–water partition coefficient (Wildman–Crippen LogP) is 0.402. The fraction of sp³-hybridized carbons (Fsp3) is 0.556. The molecule has 0 aromatic rings. The predicted molar refractivity (Wildman–Crippen MR) is 52.1 cm³/mol. The molecule has 1 atom stereocenters. The Kier molecular flexibility index (Phi) is 2.40. The zero-order chi connectivity index (χ0) is 10.1. The number of primary amides is 1. The molecule has 0 radical (unpaired) electrons. The monoisotopic (exact) mass is 181 g/mol. The molecule has 1 aliphatic heterocycles. The zero-order valence-corrected chi connectivity index (χ0v) is 8.16. The Bertz CT molecular complexity index is 273. The van der Waals surface area contributed by atoms with Gasteiger partial charge in [0, 0.05) is 17.8 Å². The summed E-state index contributed by atoms with van der Waals surface area (Å²) in [4.78, 5) is 14.9. The van der Waals surface area contributed by atoms with Gasteiger partial charge in [-0.3, -0.25) is 9.79 Å². The van der Waals surface area contributed by atoms with Gasteiger partial charge in [-0.25, -0.2) is 0 Å². The molecule has 0 spiro atoms. The van der Waals surface area contributed by atoms with Crippen molar-refractivity contribution in [3.05, 3.63) is 11.8 Å². The third-order valence-corrected chi connectivity index (χ3v) is 1.86. The van der Waals surface area contributed by atoms with Crippen LogP contribution in [-0.2, 0) is 4.79 Å². The molecule has 3 N–H and O–H groups in total. The topological polar surface area (TPSA) is 67.5 Å². The fourth-order valence-corrected chi connectivity index (χ4v) is 1.01. The Morgan fingerprint density at radius 3 is 2.54 bits per heavy atom. The van der Waals surface area contributed by atoms with E-state index in [1.165, 1.54) is 6.21 Å². The van der Waals surface area contributed by atoms with E-state index in [4.69, 9.17) is 5.73 Å². The van der Waals surface area contributed by atoms with Crippen LogP contribution in [0.1, 0.15) is 20.8 Å². The Morgan fingerprint density at radius 2 is 2.23 bits per heavy atom. The Balaban J connectivity index is 2.69. The summed E-state index contributed by atoms with van der Waals surface area (Å²) in [5, 5.41) is 3.03. The molecule has 1 unspecified atom stereocenters. The fourth-order valence-electron chi connectivity index (χ4n) is 1.01. The van der Waals surface area contributed by atoms with Crippen molar-refractivity contribution in [2.24, 2.45) is 16.1 Å². The molecule has 0 saturated carbocycles. The maximum absolute atomic E-state index is 10.7. The van der Waals surface area contributed by atoms with E-state index in [2.05, 4.69) is 31.1 Å². The van der Waals surface area contributed by atoms with E-state index < -0.39 is 5.91 Å². The molecular weight excluding hydrogens is 166 g/mol. The van der Waals surface area contributed by atoms with Crippen LogP contribution in [0.5, 0.6) is 0 Å². The van der Waals surface area contributed by atoms with Gasteiger partial charge in [-0.2, -0.15) is 0 Å². The lowest BCUT2D eigenvalue weighted by Crippen LogP contribution is -2.39. The quantitative estimate of drug-likeness (QED) is 0.615. The van der Waals surface area contributed by atoms with Crippen LogP contribution in [0.25, 0.3) is 0 Å². The first-order valence-corrected chi connectivity index (χ1v) is 4.20. The second-order valence-electron chi connectivity index (χ2n) is 4.18. The molecule has 13 heavy (non-hydrogen) atoms. The lowest BCUT2D eigenvalue weighted by Gasteiger charge is -2.29. The maximum atomic E-state index is 10.7. The van der Waals surface area contributed by atoms with E-state index in [9.17, 15) is 4.79 Å². The highest BCUT2D eigenvalue weighted by molar-refractivity contribution is 6.11. The summed E-state index contributed by atoms with van der Waals surface area (Å²) in [5.41, 5.74) is 5.54. The number of hydrogen-bond acceptors (Lipinski definition) is 3. The van der Waals surface area contributed by atoms with Gasteiger partial charge in [-0.05, 0) is 0 Å². The minimum absolute atomic E-state index is 0.00981. The number of amides is 1. The van der Waals surface area contributed by atoms with Gasteiger partial charge < -0.3 is 11.1 Å². The smallest absolute Gasteiger partial charge is 0.251 e. The lowest BCUT2D eigenvalue weighted by atomic mass is 9.92. The summed E-state index contributed by atoms with van der Waals surface area (Å²) >= 11 is 0. The molecule has 1 amide bonds. The molecule has 0 aromatic carbocycles. The van der Waals surface area contributed by atoms with E-state index in [1.807, 2.05) is 0 Å². The minimum atomic E-state index is -0.455. The van der Waals surface area contributed by atoms with Crippen LogP contribution in [-0.4, -0.2) is 18.3 Å². The van der Waals surface area contributed by atoms with Gasteiger partial charge >= 0.3 is 0 Å². The Labute approximate surface area is 77.9 Å². The van der Waals surface area contributed by atoms with Crippen molar-refractivity contribution >= 4 is 12.1 Å². The lowest BCUT2D eigenvalue weighted by molar-refractivity contribution is -0.114. The van der Waals surface area contributed by atoms with Crippen molar-refractivity contribution < 1.29 is 4.79 Å². The number of carbonyl (C=O) groups excluding carboxylic acids is 1. The standard InChI is InChI=1S/C9H15N3O/c1-9(2,3)8-11-4-6(5-12-8)7(10)13/h4-5,8,11H,1-3H3,(H2,10,13). The first-order valence-electron chi connectivity index (χ1n) is 4.20. The summed E-state index contributed by atoms with van der Waals surface area (Å²) in [5.74, 6) is -0.455. The molecule has 4 heteroatoms. The highest BCUT2D eigenvalue weighted by Gasteiger charge is 2.24. The second kappa shape index (κ2) is 3.20. The van der Waals surface area contributed by atoms with Crippen molar-refractivity contribution in [1.82, 2.24) is 5.32 Å². The van der Waals surface area contributed by atoms with Crippen molar-refractivity contribution in [3.63, 3.8) is 0 Å². The van der Waals surface area contributed by atoms with Crippen molar-refractivity contribution in [3.8, 4) is 0 Å². The molecule has 0 aliphatic carbocycles. The van der Waals surface area contributed by atoms with Gasteiger partial charge in [0.05, 0.1) is 5.57 Å². The zero-order valence-electron chi connectivity index (χ0n) is 8.16. The number of carbonyl (C=O) groups is 1. The molecule has 0 fully saturated rings.